The van der Waals surface area contributed by atoms with Gasteiger partial charge in [-0.15, -0.1) is 0 Å². The molecule has 0 bridgehead atoms. The summed E-state index contributed by atoms with van der Waals surface area (Å²) in [7, 11) is -3.66. The van der Waals surface area contributed by atoms with E-state index in [0.29, 0.717) is 6.42 Å². The predicted molar refractivity (Wildman–Crippen MR) is 76.0 cm³/mol. The summed E-state index contributed by atoms with van der Waals surface area (Å²) in [5.74, 6) is 0.0596. The second-order valence-corrected chi connectivity index (χ2v) is 7.49. The van der Waals surface area contributed by atoms with E-state index < -0.39 is 21.8 Å². The average Bonchev–Trinajstić information content (AvgIpc) is 2.28. The van der Waals surface area contributed by atoms with Gasteiger partial charge in [-0.1, -0.05) is 13.8 Å². The Labute approximate surface area is 124 Å². The first-order valence-electron chi connectivity index (χ1n) is 5.88. The predicted octanol–water partition coefficient (Wildman–Crippen LogP) is 4.26. The number of nitrogens with one attached hydrogen (secondary N) is 1. The molecular formula is C12H15BrF3NO2S. The average molecular weight is 374 g/mol. The van der Waals surface area contributed by atoms with Gasteiger partial charge in [0.05, 0.1) is 17.0 Å². The van der Waals surface area contributed by atoms with E-state index in [4.69, 9.17) is 0 Å². The van der Waals surface area contributed by atoms with Gasteiger partial charge in [0.1, 0.15) is 0 Å². The summed E-state index contributed by atoms with van der Waals surface area (Å²) in [5, 5.41) is 0. The third kappa shape index (κ3) is 5.32. The summed E-state index contributed by atoms with van der Waals surface area (Å²) >= 11 is 3.04. The van der Waals surface area contributed by atoms with Gasteiger partial charge in [-0.3, -0.25) is 4.72 Å². The number of rotatable bonds is 5. The molecule has 0 fully saturated rings. The summed E-state index contributed by atoms with van der Waals surface area (Å²) in [5.41, 5.74) is -1.01. The lowest BCUT2D eigenvalue weighted by Gasteiger charge is -2.13. The Morgan fingerprint density at radius 1 is 1.30 bits per heavy atom. The SMILES string of the molecule is CC(C)CCS(=O)(=O)Nc1cc(C(F)(F)F)ccc1Br. The van der Waals surface area contributed by atoms with Crippen LogP contribution in [0.5, 0.6) is 0 Å². The molecular weight excluding hydrogens is 359 g/mol. The first-order chi connectivity index (χ1) is 9.01. The maximum Gasteiger partial charge on any atom is 0.416 e. The minimum Gasteiger partial charge on any atom is -0.282 e. The molecule has 0 saturated carbocycles. The summed E-state index contributed by atoms with van der Waals surface area (Å²) in [4.78, 5) is 0. The Morgan fingerprint density at radius 2 is 1.90 bits per heavy atom. The summed E-state index contributed by atoms with van der Waals surface area (Å²) < 4.78 is 63.8. The molecule has 1 rings (SSSR count). The normalized spacial score (nSPS) is 12.8. The van der Waals surface area contributed by atoms with Crippen LogP contribution in [0.15, 0.2) is 22.7 Å². The van der Waals surface area contributed by atoms with Crippen molar-refractivity contribution in [1.29, 1.82) is 0 Å². The molecule has 0 saturated heterocycles. The Bertz CT molecular complexity index is 571. The van der Waals surface area contributed by atoms with Gasteiger partial charge in [0, 0.05) is 4.47 Å². The number of hydrogen-bond donors (Lipinski definition) is 1. The van der Waals surface area contributed by atoms with Crippen LogP contribution in [0.1, 0.15) is 25.8 Å². The van der Waals surface area contributed by atoms with Gasteiger partial charge < -0.3 is 0 Å². The van der Waals surface area contributed by atoms with E-state index >= 15 is 0 Å². The lowest BCUT2D eigenvalue weighted by Crippen LogP contribution is -2.18. The van der Waals surface area contributed by atoms with Crippen molar-refractivity contribution in [2.45, 2.75) is 26.4 Å². The molecule has 8 heteroatoms. The van der Waals surface area contributed by atoms with Gasteiger partial charge in [0.15, 0.2) is 0 Å². The topological polar surface area (TPSA) is 46.2 Å². The fourth-order valence-electron chi connectivity index (χ4n) is 1.39. The van der Waals surface area contributed by atoms with E-state index in [1.54, 1.807) is 0 Å². The molecule has 0 aliphatic rings. The minimum atomic E-state index is -4.52. The molecule has 20 heavy (non-hydrogen) atoms. The zero-order chi connectivity index (χ0) is 15.6. The van der Waals surface area contributed by atoms with Gasteiger partial charge in [-0.05, 0) is 46.5 Å². The van der Waals surface area contributed by atoms with Crippen LogP contribution >= 0.6 is 15.9 Å². The van der Waals surface area contributed by atoms with Gasteiger partial charge in [0.25, 0.3) is 0 Å². The van der Waals surface area contributed by atoms with Crippen molar-refractivity contribution < 1.29 is 21.6 Å². The van der Waals surface area contributed by atoms with Crippen molar-refractivity contribution in [2.75, 3.05) is 10.5 Å². The van der Waals surface area contributed by atoms with Crippen molar-refractivity contribution in [3.8, 4) is 0 Å². The van der Waals surface area contributed by atoms with Crippen LogP contribution in [0.25, 0.3) is 0 Å². The van der Waals surface area contributed by atoms with Gasteiger partial charge >= 0.3 is 6.18 Å². The molecule has 114 valence electrons. The van der Waals surface area contributed by atoms with E-state index in [0.717, 1.165) is 12.1 Å². The molecule has 3 nitrogen and oxygen atoms in total. The lowest BCUT2D eigenvalue weighted by atomic mass is 10.2. The fraction of sp³-hybridized carbons (Fsp3) is 0.500. The molecule has 0 aromatic heterocycles. The Balaban J connectivity index is 2.97. The lowest BCUT2D eigenvalue weighted by molar-refractivity contribution is -0.137. The van der Waals surface area contributed by atoms with E-state index in [9.17, 15) is 21.6 Å². The van der Waals surface area contributed by atoms with E-state index in [2.05, 4.69) is 20.7 Å². The smallest absolute Gasteiger partial charge is 0.282 e. The third-order valence-electron chi connectivity index (χ3n) is 2.52. The number of hydrogen-bond acceptors (Lipinski definition) is 2. The van der Waals surface area contributed by atoms with Crippen molar-refractivity contribution in [3.63, 3.8) is 0 Å². The number of anilines is 1. The minimum absolute atomic E-state index is 0.108. The number of alkyl halides is 3. The summed E-state index contributed by atoms with van der Waals surface area (Å²) in [6.45, 7) is 3.74. The molecule has 1 aromatic rings. The first-order valence-corrected chi connectivity index (χ1v) is 8.33. The number of halogens is 4. The zero-order valence-electron chi connectivity index (χ0n) is 11.0. The van der Waals surface area contributed by atoms with Crippen LogP contribution in [0.3, 0.4) is 0 Å². The van der Waals surface area contributed by atoms with Crippen LogP contribution < -0.4 is 4.72 Å². The molecule has 0 amide bonds. The third-order valence-corrected chi connectivity index (χ3v) is 4.52. The standard InChI is InChI=1S/C12H15BrF3NO2S/c1-8(2)5-6-20(18,19)17-11-7-9(12(14,15)16)3-4-10(11)13/h3-4,7-8,17H,5-6H2,1-2H3. The summed E-state index contributed by atoms with van der Waals surface area (Å²) in [6.07, 6.45) is -4.08. The highest BCUT2D eigenvalue weighted by atomic mass is 79.9. The van der Waals surface area contributed by atoms with E-state index in [-0.39, 0.29) is 21.8 Å². The molecule has 0 aliphatic carbocycles. The number of benzene rings is 1. The molecule has 1 aromatic carbocycles. The van der Waals surface area contributed by atoms with Crippen molar-refractivity contribution in [1.82, 2.24) is 0 Å². The first kappa shape index (κ1) is 17.3. The highest BCUT2D eigenvalue weighted by Crippen LogP contribution is 2.34. The maximum absolute atomic E-state index is 12.6. The van der Waals surface area contributed by atoms with Crippen LogP contribution in [-0.4, -0.2) is 14.2 Å². The monoisotopic (exact) mass is 373 g/mol. The zero-order valence-corrected chi connectivity index (χ0v) is 13.4. The second kappa shape index (κ2) is 6.34. The fourth-order valence-corrected chi connectivity index (χ4v) is 3.25. The molecule has 0 aliphatic heterocycles. The molecule has 1 N–H and O–H groups in total. The largest absolute Gasteiger partial charge is 0.416 e. The van der Waals surface area contributed by atoms with Gasteiger partial charge in [0.2, 0.25) is 10.0 Å². The van der Waals surface area contributed by atoms with E-state index in [1.165, 1.54) is 6.07 Å². The number of sulfonamides is 1. The van der Waals surface area contributed by atoms with E-state index in [1.807, 2.05) is 13.8 Å². The van der Waals surface area contributed by atoms with Gasteiger partial charge in [-0.25, -0.2) is 8.42 Å². The Hall–Kier alpha value is -0.760. The Kier molecular flexibility index (Phi) is 5.48. The maximum atomic E-state index is 12.6. The van der Waals surface area contributed by atoms with Crippen LogP contribution in [-0.2, 0) is 16.2 Å². The van der Waals surface area contributed by atoms with Crippen molar-refractivity contribution >= 4 is 31.6 Å². The van der Waals surface area contributed by atoms with Crippen LogP contribution in [0.4, 0.5) is 18.9 Å². The summed E-state index contributed by atoms with van der Waals surface area (Å²) in [6, 6.07) is 2.83. The molecule has 0 heterocycles. The van der Waals surface area contributed by atoms with Crippen molar-refractivity contribution in [3.05, 3.63) is 28.2 Å². The molecule has 0 unspecified atom stereocenters. The highest BCUT2D eigenvalue weighted by molar-refractivity contribution is 9.10. The quantitative estimate of drug-likeness (QED) is 0.838. The molecule has 0 atom stereocenters. The second-order valence-electron chi connectivity index (χ2n) is 4.80. The van der Waals surface area contributed by atoms with Crippen LogP contribution in [0, 0.1) is 5.92 Å². The van der Waals surface area contributed by atoms with Crippen LogP contribution in [0.2, 0.25) is 0 Å². The molecule has 0 spiro atoms. The van der Waals surface area contributed by atoms with Crippen molar-refractivity contribution in [2.24, 2.45) is 5.92 Å². The highest BCUT2D eigenvalue weighted by Gasteiger charge is 2.31. The van der Waals surface area contributed by atoms with Gasteiger partial charge in [-0.2, -0.15) is 13.2 Å². The molecule has 0 radical (unpaired) electrons. The Morgan fingerprint density at radius 3 is 2.40 bits per heavy atom.